The van der Waals surface area contributed by atoms with Gasteiger partial charge in [0.05, 0.1) is 12.6 Å². The van der Waals surface area contributed by atoms with E-state index in [2.05, 4.69) is 10.3 Å². The lowest BCUT2D eigenvalue weighted by atomic mass is 10.0. The molecule has 0 radical (unpaired) electrons. The lowest BCUT2D eigenvalue weighted by molar-refractivity contribution is 0.0706. The molecule has 0 aliphatic carbocycles. The van der Waals surface area contributed by atoms with E-state index in [4.69, 9.17) is 9.94 Å². The number of aromatic nitrogens is 2. The van der Waals surface area contributed by atoms with Gasteiger partial charge in [-0.3, -0.25) is 14.8 Å². The van der Waals surface area contributed by atoms with Crippen molar-refractivity contribution >= 4 is 22.6 Å². The molecule has 0 unspecified atom stereocenters. The monoisotopic (exact) mass is 382 g/mol. The number of ether oxygens (including phenoxy) is 1. The standard InChI is InChI=1S/C20H22N4O4/c1-4-21-18-10-17-14(11-22-18)9-16(20(26)24(17)5-2)12-6-13(19(25)23-27)8-15(7-12)28-3/h6-11,27H,4-5H2,1-3H3,(H,21,22)(H,23,25). The van der Waals surface area contributed by atoms with Crippen LogP contribution in [-0.2, 0) is 6.54 Å². The maximum Gasteiger partial charge on any atom is 0.274 e. The maximum absolute atomic E-state index is 13.2. The van der Waals surface area contributed by atoms with Crippen LogP contribution < -0.4 is 21.1 Å². The minimum Gasteiger partial charge on any atom is -0.497 e. The Morgan fingerprint density at radius 1 is 1.21 bits per heavy atom. The van der Waals surface area contributed by atoms with Gasteiger partial charge in [-0.2, -0.15) is 0 Å². The van der Waals surface area contributed by atoms with E-state index in [9.17, 15) is 9.59 Å². The molecule has 8 heteroatoms. The molecular formula is C20H22N4O4. The van der Waals surface area contributed by atoms with Gasteiger partial charge < -0.3 is 14.6 Å². The van der Waals surface area contributed by atoms with E-state index in [0.717, 1.165) is 17.4 Å². The number of nitrogens with one attached hydrogen (secondary N) is 2. The fourth-order valence-corrected chi connectivity index (χ4v) is 3.14. The second-order valence-corrected chi connectivity index (χ2v) is 6.16. The molecule has 1 amide bonds. The Morgan fingerprint density at radius 2 is 2.00 bits per heavy atom. The number of methoxy groups -OCH3 is 1. The second-order valence-electron chi connectivity index (χ2n) is 6.16. The van der Waals surface area contributed by atoms with Crippen molar-refractivity contribution < 1.29 is 14.7 Å². The third-order valence-electron chi connectivity index (χ3n) is 4.47. The van der Waals surface area contributed by atoms with Gasteiger partial charge in [0.25, 0.3) is 11.5 Å². The normalized spacial score (nSPS) is 10.7. The lowest BCUT2D eigenvalue weighted by Gasteiger charge is -2.14. The van der Waals surface area contributed by atoms with Crippen molar-refractivity contribution in [3.63, 3.8) is 0 Å². The molecule has 0 saturated carbocycles. The number of pyridine rings is 2. The largest absolute Gasteiger partial charge is 0.497 e. The van der Waals surface area contributed by atoms with Crippen LogP contribution in [0.25, 0.3) is 22.0 Å². The molecule has 0 aliphatic rings. The first-order valence-electron chi connectivity index (χ1n) is 8.93. The quantitative estimate of drug-likeness (QED) is 0.447. The molecule has 28 heavy (non-hydrogen) atoms. The molecule has 0 atom stereocenters. The SMILES string of the molecule is CCNc1cc2c(cn1)cc(-c1cc(OC)cc(C(=O)NO)c1)c(=O)n2CC. The van der Waals surface area contributed by atoms with E-state index in [-0.39, 0.29) is 11.1 Å². The number of nitrogens with zero attached hydrogens (tertiary/aromatic N) is 2. The highest BCUT2D eigenvalue weighted by molar-refractivity contribution is 5.95. The molecule has 146 valence electrons. The summed E-state index contributed by atoms with van der Waals surface area (Å²) in [6, 6.07) is 8.30. The average molecular weight is 382 g/mol. The van der Waals surface area contributed by atoms with Crippen LogP contribution in [0.5, 0.6) is 5.75 Å². The van der Waals surface area contributed by atoms with E-state index in [0.29, 0.717) is 29.2 Å². The van der Waals surface area contributed by atoms with Crippen LogP contribution in [0.15, 0.2) is 41.3 Å². The highest BCUT2D eigenvalue weighted by atomic mass is 16.5. The zero-order chi connectivity index (χ0) is 20.3. The van der Waals surface area contributed by atoms with Crippen molar-refractivity contribution in [1.82, 2.24) is 15.0 Å². The number of benzene rings is 1. The van der Waals surface area contributed by atoms with Gasteiger partial charge >= 0.3 is 0 Å². The van der Waals surface area contributed by atoms with Gasteiger partial charge in [-0.1, -0.05) is 0 Å². The van der Waals surface area contributed by atoms with Crippen LogP contribution >= 0.6 is 0 Å². The van der Waals surface area contributed by atoms with Crippen LogP contribution in [0.2, 0.25) is 0 Å². The first-order valence-corrected chi connectivity index (χ1v) is 8.93. The maximum atomic E-state index is 13.2. The molecule has 3 N–H and O–H groups in total. The van der Waals surface area contributed by atoms with Gasteiger partial charge in [0, 0.05) is 41.9 Å². The molecule has 2 heterocycles. The first kappa shape index (κ1) is 19.4. The summed E-state index contributed by atoms with van der Waals surface area (Å²) < 4.78 is 6.91. The molecule has 0 bridgehead atoms. The molecular weight excluding hydrogens is 360 g/mol. The van der Waals surface area contributed by atoms with Gasteiger partial charge in [0.15, 0.2) is 0 Å². The molecule has 3 rings (SSSR count). The highest BCUT2D eigenvalue weighted by Gasteiger charge is 2.15. The van der Waals surface area contributed by atoms with Crippen LogP contribution in [0.1, 0.15) is 24.2 Å². The van der Waals surface area contributed by atoms with Crippen molar-refractivity contribution in [2.45, 2.75) is 20.4 Å². The number of rotatable bonds is 6. The minimum absolute atomic E-state index is 0.181. The number of aryl methyl sites for hydroxylation is 1. The molecule has 8 nitrogen and oxygen atoms in total. The third-order valence-corrected chi connectivity index (χ3v) is 4.47. The van der Waals surface area contributed by atoms with E-state index in [1.807, 2.05) is 19.9 Å². The summed E-state index contributed by atoms with van der Waals surface area (Å²) in [5, 5.41) is 12.9. The number of carbonyl (C=O) groups excluding carboxylic acids is 1. The van der Waals surface area contributed by atoms with Crippen LogP contribution in [0.4, 0.5) is 5.82 Å². The van der Waals surface area contributed by atoms with Crippen molar-refractivity contribution in [2.24, 2.45) is 0 Å². The van der Waals surface area contributed by atoms with Crippen molar-refractivity contribution in [3.05, 3.63) is 52.4 Å². The van der Waals surface area contributed by atoms with Gasteiger partial charge in [-0.05, 0) is 43.7 Å². The average Bonchev–Trinajstić information content (AvgIpc) is 2.72. The third kappa shape index (κ3) is 3.54. The number of hydroxylamine groups is 1. The summed E-state index contributed by atoms with van der Waals surface area (Å²) in [4.78, 5) is 29.4. The van der Waals surface area contributed by atoms with Gasteiger partial charge in [-0.25, -0.2) is 10.5 Å². The first-order chi connectivity index (χ1) is 13.5. The van der Waals surface area contributed by atoms with Crippen molar-refractivity contribution in [3.8, 4) is 16.9 Å². The van der Waals surface area contributed by atoms with Gasteiger partial charge in [0.2, 0.25) is 0 Å². The summed E-state index contributed by atoms with van der Waals surface area (Å²) in [6.07, 6.45) is 1.71. The molecule has 0 aliphatic heterocycles. The summed E-state index contributed by atoms with van der Waals surface area (Å²) >= 11 is 0. The Labute approximate surface area is 161 Å². The summed E-state index contributed by atoms with van der Waals surface area (Å²) in [7, 11) is 1.47. The molecule has 1 aromatic carbocycles. The highest BCUT2D eigenvalue weighted by Crippen LogP contribution is 2.27. The van der Waals surface area contributed by atoms with E-state index in [1.54, 1.807) is 28.4 Å². The van der Waals surface area contributed by atoms with Gasteiger partial charge in [0.1, 0.15) is 11.6 Å². The van der Waals surface area contributed by atoms with Gasteiger partial charge in [-0.15, -0.1) is 0 Å². The zero-order valence-electron chi connectivity index (χ0n) is 15.9. The second kappa shape index (κ2) is 8.10. The van der Waals surface area contributed by atoms with E-state index < -0.39 is 5.91 Å². The number of carbonyl (C=O) groups is 1. The number of anilines is 1. The smallest absolute Gasteiger partial charge is 0.274 e. The Morgan fingerprint density at radius 3 is 2.64 bits per heavy atom. The van der Waals surface area contributed by atoms with Crippen LogP contribution in [0, 0.1) is 0 Å². The number of hydrogen-bond acceptors (Lipinski definition) is 6. The number of hydrogen-bond donors (Lipinski definition) is 3. The molecule has 0 spiro atoms. The molecule has 2 aromatic heterocycles. The predicted octanol–water partition coefficient (Wildman–Crippen LogP) is 2.64. The predicted molar refractivity (Wildman–Crippen MR) is 107 cm³/mol. The zero-order valence-corrected chi connectivity index (χ0v) is 15.9. The van der Waals surface area contributed by atoms with Crippen molar-refractivity contribution in [1.29, 1.82) is 0 Å². The Hall–Kier alpha value is -3.39. The van der Waals surface area contributed by atoms with Crippen molar-refractivity contribution in [2.75, 3.05) is 19.0 Å². The van der Waals surface area contributed by atoms with Crippen LogP contribution in [-0.4, -0.2) is 34.3 Å². The summed E-state index contributed by atoms with van der Waals surface area (Å²) in [5.41, 5.74) is 3.30. The molecule has 3 aromatic rings. The number of amides is 1. The Bertz CT molecular complexity index is 1090. The number of fused-ring (bicyclic) bond motifs is 1. The molecule has 0 saturated heterocycles. The molecule has 0 fully saturated rings. The summed E-state index contributed by atoms with van der Waals surface area (Å²) in [5.74, 6) is 0.417. The topological polar surface area (TPSA) is 105 Å². The Balaban J connectivity index is 2.26. The van der Waals surface area contributed by atoms with E-state index >= 15 is 0 Å². The lowest BCUT2D eigenvalue weighted by Crippen LogP contribution is -2.22. The fraction of sp³-hybridized carbons (Fsp3) is 0.250. The van der Waals surface area contributed by atoms with Crippen LogP contribution in [0.3, 0.4) is 0 Å². The minimum atomic E-state index is -0.686. The fourth-order valence-electron chi connectivity index (χ4n) is 3.14. The Kier molecular flexibility index (Phi) is 5.60. The van der Waals surface area contributed by atoms with E-state index in [1.165, 1.54) is 19.2 Å². The summed E-state index contributed by atoms with van der Waals surface area (Å²) in [6.45, 7) is 5.08.